The first-order valence-electron chi connectivity index (χ1n) is 9.35. The molecule has 0 aromatic carbocycles. The molecule has 3 aliphatic rings. The lowest BCUT2D eigenvalue weighted by atomic mass is 9.84. The maximum absolute atomic E-state index is 6.38. The van der Waals surface area contributed by atoms with E-state index in [0.717, 1.165) is 49.7 Å². The summed E-state index contributed by atoms with van der Waals surface area (Å²) in [4.78, 5) is 4.60. The molecule has 0 aromatic rings. The fraction of sp³-hybridized carbons (Fsp3) is 0.409. The summed E-state index contributed by atoms with van der Waals surface area (Å²) in [5.74, 6) is 0.964. The van der Waals surface area contributed by atoms with Gasteiger partial charge in [-0.2, -0.15) is 0 Å². The first-order valence-corrected chi connectivity index (χ1v) is 9.35. The van der Waals surface area contributed by atoms with E-state index in [4.69, 9.17) is 11.5 Å². The number of hydrogen-bond acceptors (Lipinski definition) is 2. The Kier molecular flexibility index (Phi) is 5.87. The normalized spacial score (nSPS) is 28.9. The molecule has 132 valence electrons. The largest absolute Gasteiger partial charge is 0.384 e. The first kappa shape index (κ1) is 17.7. The van der Waals surface area contributed by atoms with Crippen molar-refractivity contribution >= 4 is 5.84 Å². The fourth-order valence-corrected chi connectivity index (χ4v) is 3.70. The second kappa shape index (κ2) is 8.30. The summed E-state index contributed by atoms with van der Waals surface area (Å²) < 4.78 is 0. The van der Waals surface area contributed by atoms with Crippen molar-refractivity contribution in [1.82, 2.24) is 0 Å². The molecule has 4 N–H and O–H groups in total. The van der Waals surface area contributed by atoms with Crippen LogP contribution in [0.15, 0.2) is 75.9 Å². The molecule has 0 saturated heterocycles. The number of nitrogens with two attached hydrogens (primary N) is 2. The van der Waals surface area contributed by atoms with Gasteiger partial charge in [0.25, 0.3) is 0 Å². The van der Waals surface area contributed by atoms with E-state index in [1.165, 1.54) is 11.1 Å². The molecule has 3 aliphatic carbocycles. The Hall–Kier alpha value is -2.13. The third kappa shape index (κ3) is 4.49. The molecule has 2 atom stereocenters. The van der Waals surface area contributed by atoms with E-state index in [9.17, 15) is 0 Å². The average molecular weight is 335 g/mol. The monoisotopic (exact) mass is 335 g/mol. The zero-order valence-electron chi connectivity index (χ0n) is 15.1. The average Bonchev–Trinajstić information content (AvgIpc) is 2.88. The summed E-state index contributed by atoms with van der Waals surface area (Å²) >= 11 is 0. The number of nitrogens with zero attached hydrogens (tertiary/aromatic N) is 1. The van der Waals surface area contributed by atoms with Crippen molar-refractivity contribution in [2.45, 2.75) is 51.6 Å². The highest BCUT2D eigenvalue weighted by molar-refractivity contribution is 5.97. The molecule has 0 amide bonds. The van der Waals surface area contributed by atoms with Gasteiger partial charge in [-0.05, 0) is 61.2 Å². The molecule has 0 aromatic heterocycles. The minimum Gasteiger partial charge on any atom is -0.384 e. The van der Waals surface area contributed by atoms with E-state index in [1.807, 2.05) is 0 Å². The molecule has 0 bridgehead atoms. The van der Waals surface area contributed by atoms with E-state index in [0.29, 0.717) is 11.8 Å². The van der Waals surface area contributed by atoms with Gasteiger partial charge < -0.3 is 11.5 Å². The van der Waals surface area contributed by atoms with Gasteiger partial charge in [0.1, 0.15) is 12.0 Å². The lowest BCUT2D eigenvalue weighted by Gasteiger charge is -2.23. The zero-order valence-corrected chi connectivity index (χ0v) is 15.1. The first-order chi connectivity index (χ1) is 12.1. The maximum atomic E-state index is 6.38. The highest BCUT2D eigenvalue weighted by atomic mass is 15.0. The number of aliphatic imine (C=N–C) groups is 1. The fourth-order valence-electron chi connectivity index (χ4n) is 3.70. The number of rotatable bonds is 3. The van der Waals surface area contributed by atoms with Crippen LogP contribution in [0, 0.1) is 5.92 Å². The smallest absolute Gasteiger partial charge is 0.125 e. The van der Waals surface area contributed by atoms with Crippen LogP contribution in [0.5, 0.6) is 0 Å². The third-order valence-corrected chi connectivity index (χ3v) is 5.13. The summed E-state index contributed by atoms with van der Waals surface area (Å²) in [5.41, 5.74) is 17.8. The van der Waals surface area contributed by atoms with Crippen molar-refractivity contribution in [3.8, 4) is 0 Å². The van der Waals surface area contributed by atoms with Crippen molar-refractivity contribution in [2.24, 2.45) is 22.4 Å². The molecule has 0 radical (unpaired) electrons. The Bertz CT molecular complexity index is 714. The van der Waals surface area contributed by atoms with Gasteiger partial charge in [-0.3, -0.25) is 0 Å². The van der Waals surface area contributed by atoms with Crippen molar-refractivity contribution < 1.29 is 0 Å². The quantitative estimate of drug-likeness (QED) is 0.454. The predicted octanol–water partition coefficient (Wildman–Crippen LogP) is 4.46. The third-order valence-electron chi connectivity index (χ3n) is 5.13. The second-order valence-corrected chi connectivity index (χ2v) is 6.99. The summed E-state index contributed by atoms with van der Waals surface area (Å²) in [5, 5.41) is 0. The molecule has 25 heavy (non-hydrogen) atoms. The minimum atomic E-state index is -0.409. The van der Waals surface area contributed by atoms with E-state index >= 15 is 0 Å². The second-order valence-electron chi connectivity index (χ2n) is 6.99. The van der Waals surface area contributed by atoms with E-state index in [-0.39, 0.29) is 0 Å². The lowest BCUT2D eigenvalue weighted by molar-refractivity contribution is 0.732. The molecule has 0 fully saturated rings. The predicted molar refractivity (Wildman–Crippen MR) is 107 cm³/mol. The van der Waals surface area contributed by atoms with Crippen LogP contribution in [0.3, 0.4) is 0 Å². The van der Waals surface area contributed by atoms with Crippen molar-refractivity contribution in [1.29, 1.82) is 0 Å². The van der Waals surface area contributed by atoms with Gasteiger partial charge in [0.15, 0.2) is 0 Å². The molecule has 0 aliphatic heterocycles. The molecular weight excluding hydrogens is 306 g/mol. The Morgan fingerprint density at radius 2 is 1.96 bits per heavy atom. The van der Waals surface area contributed by atoms with E-state index in [2.05, 4.69) is 60.5 Å². The lowest BCUT2D eigenvalue weighted by Crippen LogP contribution is -2.26. The van der Waals surface area contributed by atoms with Gasteiger partial charge in [0.05, 0.1) is 0 Å². The molecular formula is C22H29N3. The van der Waals surface area contributed by atoms with Crippen molar-refractivity contribution in [2.75, 3.05) is 0 Å². The summed E-state index contributed by atoms with van der Waals surface area (Å²) in [6.45, 7) is 2.26. The van der Waals surface area contributed by atoms with Gasteiger partial charge in [-0.25, -0.2) is 4.99 Å². The van der Waals surface area contributed by atoms with Gasteiger partial charge in [0.2, 0.25) is 0 Å². The van der Waals surface area contributed by atoms with Gasteiger partial charge in [0, 0.05) is 0 Å². The SMILES string of the molecule is CC1/C=C(C(N)/N=C(\N)C2=CCCC=CC2)\C=C/CC2=C1CCC=C2. The molecule has 0 spiro atoms. The zero-order chi connectivity index (χ0) is 17.6. The Balaban J connectivity index is 1.80. The maximum Gasteiger partial charge on any atom is 0.125 e. The van der Waals surface area contributed by atoms with Crippen LogP contribution >= 0.6 is 0 Å². The van der Waals surface area contributed by atoms with Gasteiger partial charge in [-0.1, -0.05) is 61.1 Å². The van der Waals surface area contributed by atoms with Crippen molar-refractivity contribution in [3.05, 3.63) is 70.9 Å². The summed E-state index contributed by atoms with van der Waals surface area (Å²) in [7, 11) is 0. The number of amidine groups is 1. The van der Waals surface area contributed by atoms with E-state index < -0.39 is 6.17 Å². The van der Waals surface area contributed by atoms with E-state index in [1.54, 1.807) is 0 Å². The van der Waals surface area contributed by atoms with Crippen LogP contribution < -0.4 is 11.5 Å². The van der Waals surface area contributed by atoms with Crippen LogP contribution in [-0.4, -0.2) is 12.0 Å². The molecule has 2 unspecified atom stereocenters. The van der Waals surface area contributed by atoms with Crippen LogP contribution in [-0.2, 0) is 0 Å². The Morgan fingerprint density at radius 3 is 2.84 bits per heavy atom. The molecule has 3 heteroatoms. The Labute approximate surface area is 151 Å². The number of allylic oxidation sites excluding steroid dienone is 9. The molecule has 0 saturated carbocycles. The Morgan fingerprint density at radius 1 is 1.08 bits per heavy atom. The van der Waals surface area contributed by atoms with Crippen LogP contribution in [0.25, 0.3) is 0 Å². The van der Waals surface area contributed by atoms with Gasteiger partial charge >= 0.3 is 0 Å². The minimum absolute atomic E-state index is 0.391. The molecule has 3 rings (SSSR count). The highest BCUT2D eigenvalue weighted by Gasteiger charge is 2.17. The number of hydrogen-bond donors (Lipinski definition) is 2. The van der Waals surface area contributed by atoms with Crippen molar-refractivity contribution in [3.63, 3.8) is 0 Å². The summed E-state index contributed by atoms with van der Waals surface area (Å²) in [6.07, 6.45) is 23.4. The molecule has 0 heterocycles. The van der Waals surface area contributed by atoms with Crippen LogP contribution in [0.1, 0.15) is 45.4 Å². The molecule has 3 nitrogen and oxygen atoms in total. The van der Waals surface area contributed by atoms with Crippen LogP contribution in [0.4, 0.5) is 0 Å². The van der Waals surface area contributed by atoms with Gasteiger partial charge in [-0.15, -0.1) is 0 Å². The topological polar surface area (TPSA) is 64.4 Å². The summed E-state index contributed by atoms with van der Waals surface area (Å²) in [6, 6.07) is 0. The van der Waals surface area contributed by atoms with Crippen LogP contribution in [0.2, 0.25) is 0 Å². The highest BCUT2D eigenvalue weighted by Crippen LogP contribution is 2.31. The standard InChI is InChI=1S/C22H29N3/c1-16-15-19(13-8-12-17-9-6-7-14-20(16)17)22(24)25-21(23)18-10-4-2-3-5-11-18/h2,4,6,8-9,11,13,15-16,22H,3,5,7,10,12,14,24H2,1H3,(H2,23,25)/b13-8-,19-15+.